The third-order valence-corrected chi connectivity index (χ3v) is 5.02. The lowest BCUT2D eigenvalue weighted by atomic mass is 10.0. The van der Waals surface area contributed by atoms with Gasteiger partial charge in [0.1, 0.15) is 0 Å². The van der Waals surface area contributed by atoms with Crippen molar-refractivity contribution in [3.05, 3.63) is 70.1 Å². The van der Waals surface area contributed by atoms with Crippen molar-refractivity contribution in [2.24, 2.45) is 5.11 Å². The van der Waals surface area contributed by atoms with Gasteiger partial charge in [-0.05, 0) is 30.4 Å². The number of benzene rings is 1. The van der Waals surface area contributed by atoms with E-state index in [-0.39, 0.29) is 12.3 Å². The number of hydrogen-bond donors (Lipinski definition) is 1. The summed E-state index contributed by atoms with van der Waals surface area (Å²) < 4.78 is 27.3. The molecule has 1 aromatic carbocycles. The average Bonchev–Trinajstić information content (AvgIpc) is 2.58. The second-order valence-electron chi connectivity index (χ2n) is 5.34. The molecule has 0 aromatic heterocycles. The second-order valence-corrected chi connectivity index (χ2v) is 7.21. The van der Waals surface area contributed by atoms with Gasteiger partial charge >= 0.3 is 0 Å². The molecule has 122 valence electrons. The summed E-state index contributed by atoms with van der Waals surface area (Å²) in [6.45, 7) is 0.0468. The molecule has 0 saturated heterocycles. The standard InChI is InChI=1S/C16H20N4O2S/c17-20-18-13-16(15-9-5-2-6-10-15)19-23(21,22)12-11-14-7-3-1-4-8-14/h1-3,5-6,8-10,16,19H,4,7,11-13H2/t16-/m0/s1. The van der Waals surface area contributed by atoms with E-state index in [2.05, 4.69) is 33.0 Å². The van der Waals surface area contributed by atoms with Crippen LogP contribution in [0.4, 0.5) is 0 Å². The normalized spacial score (nSPS) is 15.6. The summed E-state index contributed by atoms with van der Waals surface area (Å²) in [4.78, 5) is 2.72. The predicted molar refractivity (Wildman–Crippen MR) is 91.2 cm³/mol. The summed E-state index contributed by atoms with van der Waals surface area (Å²) in [7, 11) is -3.46. The number of nitrogens with one attached hydrogen (secondary N) is 1. The largest absolute Gasteiger partial charge is 0.212 e. The van der Waals surface area contributed by atoms with Gasteiger partial charge in [0, 0.05) is 11.5 Å². The maximum absolute atomic E-state index is 12.3. The maximum Gasteiger partial charge on any atom is 0.212 e. The molecule has 23 heavy (non-hydrogen) atoms. The molecule has 0 saturated carbocycles. The molecule has 0 fully saturated rings. The zero-order chi connectivity index (χ0) is 16.5. The van der Waals surface area contributed by atoms with Crippen LogP contribution in [0.1, 0.15) is 30.9 Å². The van der Waals surface area contributed by atoms with E-state index >= 15 is 0 Å². The maximum atomic E-state index is 12.3. The van der Waals surface area contributed by atoms with Gasteiger partial charge in [0.05, 0.1) is 11.8 Å². The molecule has 7 heteroatoms. The van der Waals surface area contributed by atoms with Crippen LogP contribution in [0.2, 0.25) is 0 Å². The van der Waals surface area contributed by atoms with Gasteiger partial charge in [0.25, 0.3) is 0 Å². The Kier molecular flexibility index (Phi) is 6.40. The van der Waals surface area contributed by atoms with Crippen molar-refractivity contribution in [2.45, 2.75) is 25.3 Å². The smallest absolute Gasteiger partial charge is 0.212 e. The number of hydrogen-bond acceptors (Lipinski definition) is 3. The molecule has 0 radical (unpaired) electrons. The van der Waals surface area contributed by atoms with Crippen molar-refractivity contribution in [1.82, 2.24) is 4.72 Å². The molecule has 0 heterocycles. The minimum atomic E-state index is -3.46. The van der Waals surface area contributed by atoms with Gasteiger partial charge in [-0.2, -0.15) is 0 Å². The molecule has 0 unspecified atom stereocenters. The van der Waals surface area contributed by atoms with E-state index < -0.39 is 16.1 Å². The van der Waals surface area contributed by atoms with Crippen molar-refractivity contribution in [3.8, 4) is 0 Å². The van der Waals surface area contributed by atoms with Gasteiger partial charge in [-0.1, -0.05) is 59.2 Å². The third-order valence-electron chi connectivity index (χ3n) is 3.63. The van der Waals surface area contributed by atoms with Crippen molar-refractivity contribution < 1.29 is 8.42 Å². The fourth-order valence-electron chi connectivity index (χ4n) is 2.41. The topological polar surface area (TPSA) is 94.9 Å². The summed E-state index contributed by atoms with van der Waals surface area (Å²) in [5, 5.41) is 3.52. The lowest BCUT2D eigenvalue weighted by molar-refractivity contribution is 0.557. The van der Waals surface area contributed by atoms with Crippen molar-refractivity contribution in [2.75, 3.05) is 12.3 Å². The fraction of sp³-hybridized carbons (Fsp3) is 0.375. The molecule has 0 bridgehead atoms. The van der Waals surface area contributed by atoms with Crippen molar-refractivity contribution in [3.63, 3.8) is 0 Å². The van der Waals surface area contributed by atoms with Gasteiger partial charge < -0.3 is 0 Å². The monoisotopic (exact) mass is 332 g/mol. The Hall–Kier alpha value is -2.08. The molecule has 1 N–H and O–H groups in total. The van der Waals surface area contributed by atoms with Crippen LogP contribution in [0.25, 0.3) is 10.4 Å². The van der Waals surface area contributed by atoms with E-state index in [9.17, 15) is 8.42 Å². The Labute approximate surface area is 136 Å². The summed E-state index contributed by atoms with van der Waals surface area (Å²) in [5.41, 5.74) is 10.4. The highest BCUT2D eigenvalue weighted by Crippen LogP contribution is 2.18. The van der Waals surface area contributed by atoms with Crippen LogP contribution in [-0.4, -0.2) is 20.7 Å². The molecular formula is C16H20N4O2S. The van der Waals surface area contributed by atoms with E-state index in [0.717, 1.165) is 24.0 Å². The van der Waals surface area contributed by atoms with Gasteiger partial charge in [-0.3, -0.25) is 0 Å². The van der Waals surface area contributed by atoms with Crippen LogP contribution < -0.4 is 4.72 Å². The van der Waals surface area contributed by atoms with E-state index in [0.29, 0.717) is 6.42 Å². The second kappa shape index (κ2) is 8.53. The van der Waals surface area contributed by atoms with Crippen LogP contribution in [0.5, 0.6) is 0 Å². The fourth-order valence-corrected chi connectivity index (χ4v) is 3.70. The minimum Gasteiger partial charge on any atom is -0.212 e. The highest BCUT2D eigenvalue weighted by atomic mass is 32.2. The predicted octanol–water partition coefficient (Wildman–Crippen LogP) is 3.62. The summed E-state index contributed by atoms with van der Waals surface area (Å²) >= 11 is 0. The molecule has 0 aliphatic heterocycles. The van der Waals surface area contributed by atoms with Gasteiger partial charge in [0.2, 0.25) is 10.0 Å². The van der Waals surface area contributed by atoms with Gasteiger partial charge in [-0.25, -0.2) is 13.1 Å². The molecule has 0 amide bonds. The molecule has 1 atom stereocenters. The Balaban J connectivity index is 2.02. The molecule has 2 rings (SSSR count). The number of rotatable bonds is 8. The van der Waals surface area contributed by atoms with E-state index in [1.807, 2.05) is 30.3 Å². The number of sulfonamides is 1. The van der Waals surface area contributed by atoms with Crippen LogP contribution in [-0.2, 0) is 10.0 Å². The Morgan fingerprint density at radius 2 is 2.04 bits per heavy atom. The van der Waals surface area contributed by atoms with E-state index in [4.69, 9.17) is 5.53 Å². The number of nitrogens with zero attached hydrogens (tertiary/aromatic N) is 3. The van der Waals surface area contributed by atoms with E-state index in [1.165, 1.54) is 0 Å². The third kappa shape index (κ3) is 5.90. The zero-order valence-electron chi connectivity index (χ0n) is 12.8. The zero-order valence-corrected chi connectivity index (χ0v) is 13.6. The van der Waals surface area contributed by atoms with Crippen LogP contribution in [0, 0.1) is 0 Å². The highest BCUT2D eigenvalue weighted by Gasteiger charge is 2.19. The SMILES string of the molecule is [N-]=[N+]=NC[C@H](NS(=O)(=O)CCC1=CCC=CC1)c1ccccc1. The molecular weight excluding hydrogens is 312 g/mol. The van der Waals surface area contributed by atoms with Gasteiger partial charge in [0.15, 0.2) is 0 Å². The summed E-state index contributed by atoms with van der Waals surface area (Å²) in [6, 6.07) is 8.59. The average molecular weight is 332 g/mol. The molecule has 1 aliphatic rings. The van der Waals surface area contributed by atoms with Gasteiger partial charge in [-0.15, -0.1) is 0 Å². The Bertz CT molecular complexity index is 720. The first-order valence-corrected chi connectivity index (χ1v) is 9.14. The lowest BCUT2D eigenvalue weighted by Gasteiger charge is -2.18. The Morgan fingerprint density at radius 1 is 1.26 bits per heavy atom. The van der Waals surface area contributed by atoms with Crippen LogP contribution in [0.3, 0.4) is 0 Å². The highest BCUT2D eigenvalue weighted by molar-refractivity contribution is 7.89. The van der Waals surface area contributed by atoms with E-state index in [1.54, 1.807) is 0 Å². The molecule has 0 spiro atoms. The first-order valence-electron chi connectivity index (χ1n) is 7.49. The molecule has 1 aliphatic carbocycles. The van der Waals surface area contributed by atoms with Crippen molar-refractivity contribution >= 4 is 10.0 Å². The molecule has 1 aromatic rings. The number of azide groups is 1. The first kappa shape index (κ1) is 17.3. The Morgan fingerprint density at radius 3 is 2.70 bits per heavy atom. The molecule has 6 nitrogen and oxygen atoms in total. The first-order chi connectivity index (χ1) is 11.1. The lowest BCUT2D eigenvalue weighted by Crippen LogP contribution is -2.32. The summed E-state index contributed by atoms with van der Waals surface area (Å²) in [5.74, 6) is 0.0340. The van der Waals surface area contributed by atoms with Crippen molar-refractivity contribution in [1.29, 1.82) is 0 Å². The quantitative estimate of drug-likeness (QED) is 0.340. The number of allylic oxidation sites excluding steroid dienone is 4. The minimum absolute atomic E-state index is 0.0340. The summed E-state index contributed by atoms with van der Waals surface area (Å²) in [6.07, 6.45) is 8.40. The van der Waals surface area contributed by atoms with Crippen LogP contribution >= 0.6 is 0 Å². The van der Waals surface area contributed by atoms with Crippen LogP contribution in [0.15, 0.2) is 59.2 Å².